The molecule has 2 saturated heterocycles. The number of benzene rings is 1. The zero-order valence-electron chi connectivity index (χ0n) is 17.8. The molecule has 0 aliphatic carbocycles. The van der Waals surface area contributed by atoms with Crippen molar-refractivity contribution in [1.82, 2.24) is 20.0 Å². The predicted molar refractivity (Wildman–Crippen MR) is 119 cm³/mol. The lowest BCUT2D eigenvalue weighted by atomic mass is 10.2. The molecule has 2 heterocycles. The van der Waals surface area contributed by atoms with Crippen LogP contribution in [0, 0.1) is 0 Å². The molecule has 1 aromatic rings. The Bertz CT molecular complexity index is 744. The third kappa shape index (κ3) is 6.22. The van der Waals surface area contributed by atoms with Gasteiger partial charge in [-0.3, -0.25) is 19.3 Å². The molecule has 2 aliphatic heterocycles. The molecule has 164 valence electrons. The Kier molecular flexibility index (Phi) is 8.57. The molecule has 0 radical (unpaired) electrons. The van der Waals surface area contributed by atoms with Crippen LogP contribution in [0.4, 0.5) is 0 Å². The third-order valence-corrected chi connectivity index (χ3v) is 6.58. The third-order valence-electron chi connectivity index (χ3n) is 5.53. The topological polar surface area (TPSA) is 73.0 Å². The van der Waals surface area contributed by atoms with E-state index in [9.17, 15) is 14.4 Å². The summed E-state index contributed by atoms with van der Waals surface area (Å²) in [6.07, 6.45) is 3.09. The van der Waals surface area contributed by atoms with E-state index in [1.54, 1.807) is 0 Å². The summed E-state index contributed by atoms with van der Waals surface area (Å²) in [6, 6.07) is 7.54. The molecule has 8 heteroatoms. The van der Waals surface area contributed by atoms with Crippen molar-refractivity contribution in [3.63, 3.8) is 0 Å². The molecule has 0 unspecified atom stereocenters. The van der Waals surface area contributed by atoms with Crippen LogP contribution < -0.4 is 5.32 Å². The summed E-state index contributed by atoms with van der Waals surface area (Å²) in [7, 11) is 0. The van der Waals surface area contributed by atoms with E-state index < -0.39 is 0 Å². The minimum Gasteiger partial charge on any atom is -0.355 e. The van der Waals surface area contributed by atoms with E-state index in [4.69, 9.17) is 0 Å². The smallest absolute Gasteiger partial charge is 0.255 e. The first-order chi connectivity index (χ1) is 14.6. The highest BCUT2D eigenvalue weighted by atomic mass is 32.2. The van der Waals surface area contributed by atoms with Crippen LogP contribution in [0.5, 0.6) is 0 Å². The number of likely N-dealkylation sites (tertiary alicyclic amines) is 1. The Morgan fingerprint density at radius 2 is 1.67 bits per heavy atom. The first kappa shape index (κ1) is 22.6. The van der Waals surface area contributed by atoms with Crippen LogP contribution in [-0.2, 0) is 9.59 Å². The Morgan fingerprint density at radius 1 is 0.967 bits per heavy atom. The average Bonchev–Trinajstić information content (AvgIpc) is 3.31. The van der Waals surface area contributed by atoms with E-state index >= 15 is 0 Å². The second-order valence-corrected chi connectivity index (χ2v) is 8.81. The maximum atomic E-state index is 13.1. The van der Waals surface area contributed by atoms with E-state index in [0.717, 1.165) is 37.2 Å². The minimum atomic E-state index is 0.00167. The molecule has 0 saturated carbocycles. The number of hydrogen-bond donors (Lipinski definition) is 1. The quantitative estimate of drug-likeness (QED) is 0.633. The first-order valence-electron chi connectivity index (χ1n) is 10.9. The predicted octanol–water partition coefficient (Wildman–Crippen LogP) is 1.69. The lowest BCUT2D eigenvalue weighted by molar-refractivity contribution is -0.127. The van der Waals surface area contributed by atoms with E-state index in [1.165, 1.54) is 11.8 Å². The summed E-state index contributed by atoms with van der Waals surface area (Å²) in [5.74, 6) is 0.558. The Morgan fingerprint density at radius 3 is 2.37 bits per heavy atom. The van der Waals surface area contributed by atoms with Gasteiger partial charge in [-0.2, -0.15) is 0 Å². The molecular formula is C22H32N4O3S. The number of piperazine rings is 1. The Labute approximate surface area is 183 Å². The van der Waals surface area contributed by atoms with Gasteiger partial charge in [-0.15, -0.1) is 11.8 Å². The monoisotopic (exact) mass is 432 g/mol. The van der Waals surface area contributed by atoms with Gasteiger partial charge < -0.3 is 15.1 Å². The van der Waals surface area contributed by atoms with Crippen molar-refractivity contribution >= 4 is 29.5 Å². The van der Waals surface area contributed by atoms with Crippen LogP contribution in [0.2, 0.25) is 0 Å². The summed E-state index contributed by atoms with van der Waals surface area (Å²) in [5, 5.41) is 2.90. The maximum absolute atomic E-state index is 13.1. The molecule has 1 aromatic carbocycles. The van der Waals surface area contributed by atoms with Gasteiger partial charge in [0.25, 0.3) is 5.91 Å². The van der Waals surface area contributed by atoms with Crippen molar-refractivity contribution in [2.75, 3.05) is 58.1 Å². The van der Waals surface area contributed by atoms with Gasteiger partial charge in [0.05, 0.1) is 17.9 Å². The second kappa shape index (κ2) is 11.4. The molecule has 0 atom stereocenters. The normalized spacial score (nSPS) is 17.2. The molecule has 7 nitrogen and oxygen atoms in total. The van der Waals surface area contributed by atoms with Crippen LogP contribution in [0.1, 0.15) is 36.5 Å². The van der Waals surface area contributed by atoms with Crippen molar-refractivity contribution in [2.24, 2.45) is 0 Å². The fourth-order valence-electron chi connectivity index (χ4n) is 3.77. The summed E-state index contributed by atoms with van der Waals surface area (Å²) >= 11 is 1.45. The number of amides is 3. The molecular weight excluding hydrogens is 400 g/mol. The van der Waals surface area contributed by atoms with Gasteiger partial charge in [0, 0.05) is 50.7 Å². The van der Waals surface area contributed by atoms with Crippen molar-refractivity contribution < 1.29 is 14.4 Å². The zero-order valence-corrected chi connectivity index (χ0v) is 18.6. The molecule has 3 amide bonds. The largest absolute Gasteiger partial charge is 0.355 e. The van der Waals surface area contributed by atoms with Gasteiger partial charge in [-0.1, -0.05) is 19.1 Å². The molecule has 2 fully saturated rings. The van der Waals surface area contributed by atoms with E-state index in [1.807, 2.05) is 41.0 Å². The van der Waals surface area contributed by atoms with Crippen LogP contribution in [-0.4, -0.2) is 90.5 Å². The van der Waals surface area contributed by atoms with Crippen molar-refractivity contribution in [2.45, 2.75) is 31.1 Å². The fraction of sp³-hybridized carbons (Fsp3) is 0.591. The number of carbonyl (C=O) groups excluding carboxylic acids is 3. The standard InChI is InChI=1S/C22H32N4O3S/c1-2-9-23-20(27)16-24-12-14-26(15-13-24)22(29)18-7-3-4-8-19(18)30-17-21(28)25-10-5-6-11-25/h3-4,7-8H,2,5-6,9-17H2,1H3,(H,23,27). The Balaban J connectivity index is 1.52. The molecule has 0 spiro atoms. The number of nitrogens with one attached hydrogen (secondary N) is 1. The van der Waals surface area contributed by atoms with E-state index in [-0.39, 0.29) is 17.7 Å². The number of rotatable bonds is 8. The molecule has 3 rings (SSSR count). The van der Waals surface area contributed by atoms with Crippen LogP contribution >= 0.6 is 11.8 Å². The summed E-state index contributed by atoms with van der Waals surface area (Å²) in [5.41, 5.74) is 0.658. The van der Waals surface area contributed by atoms with Gasteiger partial charge >= 0.3 is 0 Å². The van der Waals surface area contributed by atoms with Crippen LogP contribution in [0.15, 0.2) is 29.2 Å². The first-order valence-corrected chi connectivity index (χ1v) is 11.8. The van der Waals surface area contributed by atoms with Crippen molar-refractivity contribution in [3.05, 3.63) is 29.8 Å². The van der Waals surface area contributed by atoms with Gasteiger partial charge in [0.15, 0.2) is 0 Å². The zero-order chi connectivity index (χ0) is 21.3. The highest BCUT2D eigenvalue weighted by Crippen LogP contribution is 2.25. The van der Waals surface area contributed by atoms with E-state index in [2.05, 4.69) is 10.2 Å². The Hall–Kier alpha value is -2.06. The summed E-state index contributed by atoms with van der Waals surface area (Å²) < 4.78 is 0. The molecule has 0 aromatic heterocycles. The van der Waals surface area contributed by atoms with Gasteiger partial charge in [-0.25, -0.2) is 0 Å². The highest BCUT2D eigenvalue weighted by Gasteiger charge is 2.25. The van der Waals surface area contributed by atoms with Crippen LogP contribution in [0.3, 0.4) is 0 Å². The lowest BCUT2D eigenvalue weighted by Crippen LogP contribution is -2.51. The fourth-order valence-corrected chi connectivity index (χ4v) is 4.72. The lowest BCUT2D eigenvalue weighted by Gasteiger charge is -2.34. The van der Waals surface area contributed by atoms with Gasteiger partial charge in [0.2, 0.25) is 11.8 Å². The minimum absolute atomic E-state index is 0.00167. The van der Waals surface area contributed by atoms with Gasteiger partial charge in [-0.05, 0) is 31.4 Å². The molecule has 1 N–H and O–H groups in total. The molecule has 2 aliphatic rings. The number of carbonyl (C=O) groups is 3. The summed E-state index contributed by atoms with van der Waals surface area (Å²) in [6.45, 7) is 7.39. The molecule has 30 heavy (non-hydrogen) atoms. The van der Waals surface area contributed by atoms with Gasteiger partial charge in [0.1, 0.15) is 0 Å². The highest BCUT2D eigenvalue weighted by molar-refractivity contribution is 8.00. The van der Waals surface area contributed by atoms with Crippen molar-refractivity contribution in [3.8, 4) is 0 Å². The number of hydrogen-bond acceptors (Lipinski definition) is 5. The van der Waals surface area contributed by atoms with Crippen LogP contribution in [0.25, 0.3) is 0 Å². The summed E-state index contributed by atoms with van der Waals surface area (Å²) in [4.78, 5) is 44.1. The van der Waals surface area contributed by atoms with E-state index in [0.29, 0.717) is 50.6 Å². The second-order valence-electron chi connectivity index (χ2n) is 7.79. The number of thioether (sulfide) groups is 1. The number of nitrogens with zero attached hydrogens (tertiary/aromatic N) is 3. The maximum Gasteiger partial charge on any atom is 0.255 e. The molecule has 0 bridgehead atoms. The average molecular weight is 433 g/mol. The SMILES string of the molecule is CCCNC(=O)CN1CCN(C(=O)c2ccccc2SCC(=O)N2CCCC2)CC1. The van der Waals surface area contributed by atoms with Crippen molar-refractivity contribution in [1.29, 1.82) is 0 Å².